The second-order valence-corrected chi connectivity index (χ2v) is 4.69. The highest BCUT2D eigenvalue weighted by Crippen LogP contribution is 2.22. The van der Waals surface area contributed by atoms with E-state index in [9.17, 15) is 4.79 Å². The maximum absolute atomic E-state index is 12.7. The van der Waals surface area contributed by atoms with Gasteiger partial charge < -0.3 is 10.6 Å². The molecule has 2 aromatic heterocycles. The summed E-state index contributed by atoms with van der Waals surface area (Å²) >= 11 is 0. The van der Waals surface area contributed by atoms with E-state index in [-0.39, 0.29) is 5.91 Å². The summed E-state index contributed by atoms with van der Waals surface area (Å²) < 4.78 is 0. The molecule has 0 radical (unpaired) electrons. The van der Waals surface area contributed by atoms with Crippen LogP contribution in [0.4, 0.5) is 11.5 Å². The maximum atomic E-state index is 12.7. The third-order valence-corrected chi connectivity index (χ3v) is 3.30. The van der Waals surface area contributed by atoms with E-state index in [2.05, 4.69) is 9.97 Å². The van der Waals surface area contributed by atoms with Crippen LogP contribution in [0.2, 0.25) is 0 Å². The lowest BCUT2D eigenvalue weighted by Gasteiger charge is -2.18. The molecule has 2 N–H and O–H groups in total. The molecule has 0 spiro atoms. The number of pyridine rings is 2. The van der Waals surface area contributed by atoms with Crippen molar-refractivity contribution in [1.29, 1.82) is 0 Å². The number of amides is 1. The van der Waals surface area contributed by atoms with Gasteiger partial charge >= 0.3 is 0 Å². The smallest absolute Gasteiger partial charge is 0.258 e. The van der Waals surface area contributed by atoms with E-state index in [4.69, 9.17) is 5.73 Å². The molecule has 1 amide bonds. The Morgan fingerprint density at radius 1 is 1.19 bits per heavy atom. The summed E-state index contributed by atoms with van der Waals surface area (Å²) in [5.74, 6) is 0.185. The molecule has 0 saturated carbocycles. The number of para-hydroxylation sites is 1. The van der Waals surface area contributed by atoms with Crippen LogP contribution in [-0.2, 0) is 0 Å². The van der Waals surface area contributed by atoms with Crippen LogP contribution >= 0.6 is 0 Å². The average molecular weight is 278 g/mol. The summed E-state index contributed by atoms with van der Waals surface area (Å²) in [6, 6.07) is 12.7. The highest BCUT2D eigenvalue weighted by molar-refractivity contribution is 6.13. The van der Waals surface area contributed by atoms with Gasteiger partial charge in [-0.25, -0.2) is 4.98 Å². The molecule has 1 aromatic carbocycles. The molecule has 21 heavy (non-hydrogen) atoms. The van der Waals surface area contributed by atoms with Gasteiger partial charge in [0.1, 0.15) is 5.82 Å². The topological polar surface area (TPSA) is 72.1 Å². The lowest BCUT2D eigenvalue weighted by molar-refractivity contribution is 0.0994. The summed E-state index contributed by atoms with van der Waals surface area (Å²) in [4.78, 5) is 22.6. The normalized spacial score (nSPS) is 10.5. The zero-order valence-electron chi connectivity index (χ0n) is 11.5. The minimum Gasteiger partial charge on any atom is -0.384 e. The Morgan fingerprint density at radius 3 is 2.76 bits per heavy atom. The van der Waals surface area contributed by atoms with Crippen molar-refractivity contribution in [3.8, 4) is 0 Å². The van der Waals surface area contributed by atoms with Crippen molar-refractivity contribution in [2.24, 2.45) is 0 Å². The van der Waals surface area contributed by atoms with Crippen LogP contribution in [-0.4, -0.2) is 22.9 Å². The standard InChI is InChI=1S/C16H14N4O/c1-20(11-5-4-8-18-10-11)16(21)13-9-15(17)19-14-7-3-2-6-12(13)14/h2-10H,1H3,(H2,17,19). The van der Waals surface area contributed by atoms with E-state index in [1.807, 2.05) is 30.3 Å². The number of hydrogen-bond acceptors (Lipinski definition) is 4. The van der Waals surface area contributed by atoms with Gasteiger partial charge in [-0.2, -0.15) is 0 Å². The molecule has 0 unspecified atom stereocenters. The van der Waals surface area contributed by atoms with E-state index in [1.54, 1.807) is 36.5 Å². The Morgan fingerprint density at radius 2 is 2.00 bits per heavy atom. The summed E-state index contributed by atoms with van der Waals surface area (Å²) in [6.07, 6.45) is 3.31. The van der Waals surface area contributed by atoms with Gasteiger partial charge in [-0.1, -0.05) is 18.2 Å². The van der Waals surface area contributed by atoms with Gasteiger partial charge in [0, 0.05) is 18.6 Å². The zero-order chi connectivity index (χ0) is 14.8. The first-order valence-electron chi connectivity index (χ1n) is 6.50. The molecular formula is C16H14N4O. The summed E-state index contributed by atoms with van der Waals surface area (Å²) in [5.41, 5.74) is 7.77. The van der Waals surface area contributed by atoms with Gasteiger partial charge in [0.05, 0.1) is 23.0 Å². The summed E-state index contributed by atoms with van der Waals surface area (Å²) in [7, 11) is 1.71. The van der Waals surface area contributed by atoms with Gasteiger partial charge in [-0.15, -0.1) is 0 Å². The second kappa shape index (κ2) is 5.20. The van der Waals surface area contributed by atoms with Gasteiger partial charge in [-0.05, 0) is 24.3 Å². The molecule has 3 rings (SSSR count). The number of carbonyl (C=O) groups excluding carboxylic acids is 1. The highest BCUT2D eigenvalue weighted by atomic mass is 16.2. The molecule has 0 fully saturated rings. The Kier molecular flexibility index (Phi) is 3.23. The van der Waals surface area contributed by atoms with E-state index in [0.717, 1.165) is 11.1 Å². The quantitative estimate of drug-likeness (QED) is 0.781. The van der Waals surface area contributed by atoms with E-state index in [1.165, 1.54) is 0 Å². The van der Waals surface area contributed by atoms with Crippen molar-refractivity contribution in [2.45, 2.75) is 0 Å². The molecule has 0 bridgehead atoms. The summed E-state index contributed by atoms with van der Waals surface area (Å²) in [5, 5.41) is 0.785. The molecular weight excluding hydrogens is 264 g/mol. The van der Waals surface area contributed by atoms with E-state index in [0.29, 0.717) is 16.9 Å². The number of aromatic nitrogens is 2. The zero-order valence-corrected chi connectivity index (χ0v) is 11.5. The average Bonchev–Trinajstić information content (AvgIpc) is 2.53. The largest absolute Gasteiger partial charge is 0.384 e. The predicted molar refractivity (Wildman–Crippen MR) is 83.1 cm³/mol. The summed E-state index contributed by atoms with van der Waals surface area (Å²) in [6.45, 7) is 0. The molecule has 0 aliphatic carbocycles. The first-order chi connectivity index (χ1) is 10.2. The van der Waals surface area contributed by atoms with Gasteiger partial charge in [0.15, 0.2) is 0 Å². The van der Waals surface area contributed by atoms with Crippen molar-refractivity contribution in [3.63, 3.8) is 0 Å². The Balaban J connectivity index is 2.10. The number of hydrogen-bond donors (Lipinski definition) is 1. The van der Waals surface area contributed by atoms with Crippen molar-refractivity contribution >= 4 is 28.3 Å². The Hall–Kier alpha value is -2.95. The van der Waals surface area contributed by atoms with Gasteiger partial charge in [0.25, 0.3) is 5.91 Å². The number of nitrogens with two attached hydrogens (primary N) is 1. The molecule has 2 heterocycles. The molecule has 5 heteroatoms. The number of carbonyl (C=O) groups is 1. The van der Waals surface area contributed by atoms with Crippen molar-refractivity contribution in [2.75, 3.05) is 17.7 Å². The predicted octanol–water partition coefficient (Wildman–Crippen LogP) is 2.49. The molecule has 0 aliphatic heterocycles. The fourth-order valence-electron chi connectivity index (χ4n) is 2.22. The van der Waals surface area contributed by atoms with Crippen LogP contribution in [0.3, 0.4) is 0 Å². The van der Waals surface area contributed by atoms with Crippen LogP contribution < -0.4 is 10.6 Å². The number of nitrogens with zero attached hydrogens (tertiary/aromatic N) is 3. The minimum absolute atomic E-state index is 0.145. The fraction of sp³-hybridized carbons (Fsp3) is 0.0625. The number of fused-ring (bicyclic) bond motifs is 1. The first-order valence-corrected chi connectivity index (χ1v) is 6.50. The van der Waals surface area contributed by atoms with Gasteiger partial charge in [0.2, 0.25) is 0 Å². The molecule has 0 saturated heterocycles. The van der Waals surface area contributed by atoms with Crippen LogP contribution in [0.15, 0.2) is 54.9 Å². The number of anilines is 2. The SMILES string of the molecule is CN(C(=O)c1cc(N)nc2ccccc12)c1cccnc1. The van der Waals surface area contributed by atoms with Gasteiger partial charge in [-0.3, -0.25) is 9.78 Å². The van der Waals surface area contributed by atoms with Crippen LogP contribution in [0.25, 0.3) is 10.9 Å². The van der Waals surface area contributed by atoms with Crippen LogP contribution in [0.1, 0.15) is 10.4 Å². The molecule has 0 aliphatic rings. The Bertz CT molecular complexity index is 802. The minimum atomic E-state index is -0.145. The molecule has 0 atom stereocenters. The molecule has 5 nitrogen and oxygen atoms in total. The Labute approximate surface area is 122 Å². The third-order valence-electron chi connectivity index (χ3n) is 3.30. The lowest BCUT2D eigenvalue weighted by atomic mass is 10.1. The maximum Gasteiger partial charge on any atom is 0.258 e. The third kappa shape index (κ3) is 2.41. The van der Waals surface area contributed by atoms with Crippen LogP contribution in [0.5, 0.6) is 0 Å². The van der Waals surface area contributed by atoms with Crippen molar-refractivity contribution < 1.29 is 4.79 Å². The number of benzene rings is 1. The highest BCUT2D eigenvalue weighted by Gasteiger charge is 2.17. The second-order valence-electron chi connectivity index (χ2n) is 4.69. The van der Waals surface area contributed by atoms with Crippen molar-refractivity contribution in [3.05, 3.63) is 60.4 Å². The molecule has 3 aromatic rings. The van der Waals surface area contributed by atoms with E-state index < -0.39 is 0 Å². The molecule has 104 valence electrons. The van der Waals surface area contributed by atoms with Crippen molar-refractivity contribution in [1.82, 2.24) is 9.97 Å². The monoisotopic (exact) mass is 278 g/mol. The fourth-order valence-corrected chi connectivity index (χ4v) is 2.22. The van der Waals surface area contributed by atoms with E-state index >= 15 is 0 Å². The number of rotatable bonds is 2. The first kappa shape index (κ1) is 13.1. The number of nitrogen functional groups attached to an aromatic ring is 1. The van der Waals surface area contributed by atoms with Crippen LogP contribution in [0, 0.1) is 0 Å². The lowest BCUT2D eigenvalue weighted by Crippen LogP contribution is -2.26.